The molecule has 0 spiro atoms. The highest BCUT2D eigenvalue weighted by Gasteiger charge is 2.19. The quantitative estimate of drug-likeness (QED) is 0.168. The maximum absolute atomic E-state index is 4.99. The van der Waals surface area contributed by atoms with Gasteiger partial charge in [-0.1, -0.05) is 153 Å². The molecule has 0 fully saturated rings. The van der Waals surface area contributed by atoms with Crippen LogP contribution in [0.15, 0.2) is 176 Å². The van der Waals surface area contributed by atoms with Gasteiger partial charge in [0.2, 0.25) is 0 Å². The highest BCUT2D eigenvalue weighted by molar-refractivity contribution is 6.22. The van der Waals surface area contributed by atoms with Gasteiger partial charge in [-0.15, -0.1) is 0 Å². The maximum Gasteiger partial charge on any atom is 0.114 e. The van der Waals surface area contributed by atoms with Crippen molar-refractivity contribution in [1.29, 1.82) is 0 Å². The third-order valence-electron chi connectivity index (χ3n) is 9.75. The van der Waals surface area contributed by atoms with Gasteiger partial charge in [-0.2, -0.15) is 0 Å². The molecule has 2 nitrogen and oxygen atoms in total. The lowest BCUT2D eigenvalue weighted by molar-refractivity contribution is 0.908. The molecular formula is C47H34N2. The van der Waals surface area contributed by atoms with Crippen molar-refractivity contribution in [2.45, 2.75) is 13.3 Å². The van der Waals surface area contributed by atoms with E-state index in [1.807, 2.05) is 0 Å². The molecule has 0 amide bonds. The van der Waals surface area contributed by atoms with Gasteiger partial charge in [-0.05, 0) is 96.4 Å². The Kier molecular flexibility index (Phi) is 7.13. The van der Waals surface area contributed by atoms with Gasteiger partial charge in [0.25, 0.3) is 0 Å². The van der Waals surface area contributed by atoms with Gasteiger partial charge < -0.3 is 0 Å². The normalized spacial score (nSPS) is 11.4. The minimum absolute atomic E-state index is 0.850. The Bertz CT molecular complexity index is 2610. The predicted molar refractivity (Wildman–Crippen MR) is 207 cm³/mol. The lowest BCUT2D eigenvalue weighted by Gasteiger charge is -2.19. The summed E-state index contributed by atoms with van der Waals surface area (Å²) in [6.45, 7) is 2.18. The van der Waals surface area contributed by atoms with E-state index in [9.17, 15) is 0 Å². The minimum atomic E-state index is 0.850. The monoisotopic (exact) mass is 626 g/mol. The molecule has 9 aromatic rings. The largest absolute Gasteiger partial charge is 0.296 e. The highest BCUT2D eigenvalue weighted by Crippen LogP contribution is 2.45. The SMILES string of the molecule is CCc1nc2ccccc2n1-c1cccc(-c2c3ccccc3c(-c3ccc(-c4ccccc4)cc3)c3ccc(-c4ccccc4)cc23)c1. The molecule has 0 unspecified atom stereocenters. The summed E-state index contributed by atoms with van der Waals surface area (Å²) < 4.78 is 2.32. The maximum atomic E-state index is 4.99. The van der Waals surface area contributed by atoms with Gasteiger partial charge in [0, 0.05) is 12.1 Å². The molecule has 1 heterocycles. The zero-order valence-corrected chi connectivity index (χ0v) is 27.3. The highest BCUT2D eigenvalue weighted by atomic mass is 15.1. The Labute approximate surface area is 286 Å². The van der Waals surface area contributed by atoms with E-state index in [4.69, 9.17) is 4.98 Å². The average molecular weight is 627 g/mol. The fourth-order valence-corrected chi connectivity index (χ4v) is 7.47. The van der Waals surface area contributed by atoms with Crippen LogP contribution < -0.4 is 0 Å². The number of benzene rings is 8. The van der Waals surface area contributed by atoms with Gasteiger partial charge in [-0.3, -0.25) is 4.57 Å². The van der Waals surface area contributed by atoms with Crippen LogP contribution in [0.3, 0.4) is 0 Å². The summed E-state index contributed by atoms with van der Waals surface area (Å²) in [6, 6.07) is 63.7. The molecule has 0 aliphatic carbocycles. The Hall–Kier alpha value is -6.25. The molecule has 0 radical (unpaired) electrons. The van der Waals surface area contributed by atoms with Crippen LogP contribution in [0.4, 0.5) is 0 Å². The molecule has 49 heavy (non-hydrogen) atoms. The lowest BCUT2D eigenvalue weighted by Crippen LogP contribution is -2.00. The Morgan fingerprint density at radius 3 is 1.65 bits per heavy atom. The number of nitrogens with zero attached hydrogens (tertiary/aromatic N) is 2. The summed E-state index contributed by atoms with van der Waals surface area (Å²) in [7, 11) is 0. The van der Waals surface area contributed by atoms with Crippen molar-refractivity contribution < 1.29 is 0 Å². The molecule has 0 N–H and O–H groups in total. The number of aromatic nitrogens is 2. The van der Waals surface area contributed by atoms with Crippen molar-refractivity contribution in [3.05, 3.63) is 182 Å². The van der Waals surface area contributed by atoms with Crippen molar-refractivity contribution in [3.63, 3.8) is 0 Å². The zero-order chi connectivity index (χ0) is 32.7. The Morgan fingerprint density at radius 2 is 0.939 bits per heavy atom. The van der Waals surface area contributed by atoms with Gasteiger partial charge in [0.1, 0.15) is 5.82 Å². The number of hydrogen-bond donors (Lipinski definition) is 0. The van der Waals surface area contributed by atoms with Gasteiger partial charge >= 0.3 is 0 Å². The topological polar surface area (TPSA) is 17.8 Å². The van der Waals surface area contributed by atoms with Crippen molar-refractivity contribution in [2.24, 2.45) is 0 Å². The first-order valence-electron chi connectivity index (χ1n) is 17.0. The summed E-state index contributed by atoms with van der Waals surface area (Å²) in [4.78, 5) is 4.99. The van der Waals surface area contributed by atoms with Crippen LogP contribution in [0.25, 0.3) is 82.8 Å². The van der Waals surface area contributed by atoms with Crippen LogP contribution in [0.2, 0.25) is 0 Å². The smallest absolute Gasteiger partial charge is 0.114 e. The molecule has 0 saturated heterocycles. The first-order chi connectivity index (χ1) is 24.3. The third-order valence-corrected chi connectivity index (χ3v) is 9.75. The van der Waals surface area contributed by atoms with Gasteiger partial charge in [0.15, 0.2) is 0 Å². The number of rotatable bonds is 6. The van der Waals surface area contributed by atoms with E-state index in [1.165, 1.54) is 66.1 Å². The van der Waals surface area contributed by atoms with E-state index < -0.39 is 0 Å². The standard InChI is InChI=1S/C47H34N2/c1-2-45-48-43-22-11-12-23-44(43)49(45)38-19-13-18-37(30-38)47-40-21-10-9-20-39(40)46(35-26-24-34(25-27-35)32-14-5-3-6-15-32)41-29-28-36(31-42(41)47)33-16-7-4-8-17-33/h3-31H,2H2,1H3. The molecule has 0 saturated carbocycles. The number of aryl methyl sites for hydroxylation is 1. The summed E-state index contributed by atoms with van der Waals surface area (Å²) >= 11 is 0. The summed E-state index contributed by atoms with van der Waals surface area (Å²) in [6.07, 6.45) is 0.850. The van der Waals surface area contributed by atoms with Crippen molar-refractivity contribution in [1.82, 2.24) is 9.55 Å². The van der Waals surface area contributed by atoms with E-state index in [-0.39, 0.29) is 0 Å². The van der Waals surface area contributed by atoms with Crippen LogP contribution in [0, 0.1) is 0 Å². The molecule has 0 aliphatic heterocycles. The van der Waals surface area contributed by atoms with E-state index in [1.54, 1.807) is 0 Å². The summed E-state index contributed by atoms with van der Waals surface area (Å²) in [5, 5.41) is 4.97. The summed E-state index contributed by atoms with van der Waals surface area (Å²) in [5.41, 5.74) is 13.1. The predicted octanol–water partition coefficient (Wildman–Crippen LogP) is 12.6. The molecule has 0 aliphatic rings. The summed E-state index contributed by atoms with van der Waals surface area (Å²) in [5.74, 6) is 1.06. The molecule has 9 rings (SSSR count). The van der Waals surface area contributed by atoms with Gasteiger partial charge in [-0.25, -0.2) is 4.98 Å². The number of hydrogen-bond acceptors (Lipinski definition) is 1. The van der Waals surface area contributed by atoms with Gasteiger partial charge in [0.05, 0.1) is 11.0 Å². The molecular weight excluding hydrogens is 593 g/mol. The molecule has 8 aromatic carbocycles. The second kappa shape index (κ2) is 12.1. The second-order valence-corrected chi connectivity index (χ2v) is 12.6. The molecule has 2 heteroatoms. The van der Waals surface area contributed by atoms with Crippen LogP contribution >= 0.6 is 0 Å². The lowest BCUT2D eigenvalue weighted by atomic mass is 9.84. The molecule has 1 aromatic heterocycles. The fraction of sp³-hybridized carbons (Fsp3) is 0.0426. The fourth-order valence-electron chi connectivity index (χ4n) is 7.47. The van der Waals surface area contributed by atoms with E-state index in [2.05, 4.69) is 187 Å². The Balaban J connectivity index is 1.32. The van der Waals surface area contributed by atoms with Crippen molar-refractivity contribution in [2.75, 3.05) is 0 Å². The van der Waals surface area contributed by atoms with E-state index >= 15 is 0 Å². The van der Waals surface area contributed by atoms with E-state index in [0.29, 0.717) is 0 Å². The molecule has 0 atom stereocenters. The second-order valence-electron chi connectivity index (χ2n) is 12.6. The number of fused-ring (bicyclic) bond motifs is 3. The van der Waals surface area contributed by atoms with Crippen molar-refractivity contribution >= 4 is 32.6 Å². The Morgan fingerprint density at radius 1 is 0.408 bits per heavy atom. The molecule has 232 valence electrons. The first-order valence-corrected chi connectivity index (χ1v) is 17.0. The van der Waals surface area contributed by atoms with E-state index in [0.717, 1.165) is 29.0 Å². The van der Waals surface area contributed by atoms with Crippen LogP contribution in [-0.2, 0) is 6.42 Å². The van der Waals surface area contributed by atoms with Crippen LogP contribution in [-0.4, -0.2) is 9.55 Å². The van der Waals surface area contributed by atoms with Crippen LogP contribution in [0.5, 0.6) is 0 Å². The van der Waals surface area contributed by atoms with Crippen molar-refractivity contribution in [3.8, 4) is 50.2 Å². The minimum Gasteiger partial charge on any atom is -0.296 e. The molecule has 0 bridgehead atoms. The third kappa shape index (κ3) is 5.01. The van der Waals surface area contributed by atoms with Crippen LogP contribution in [0.1, 0.15) is 12.7 Å². The zero-order valence-electron chi connectivity index (χ0n) is 27.3. The number of para-hydroxylation sites is 2. The average Bonchev–Trinajstić information content (AvgIpc) is 3.56. The first kappa shape index (κ1) is 28.9. The number of imidazole rings is 1.